The third-order valence-corrected chi connectivity index (χ3v) is 3.51. The number of carbonyl (C=O) groups excluding carboxylic acids is 1. The van der Waals surface area contributed by atoms with Crippen LogP contribution in [0.1, 0.15) is 28.4 Å². The minimum absolute atomic E-state index is 0.0166. The lowest BCUT2D eigenvalue weighted by molar-refractivity contribution is 0.0942. The van der Waals surface area contributed by atoms with Crippen LogP contribution in [0, 0.1) is 17.2 Å². The molecule has 1 amide bonds. The van der Waals surface area contributed by atoms with Crippen LogP contribution < -0.4 is 10.1 Å². The Bertz CT molecular complexity index is 737. The Kier molecular flexibility index (Phi) is 6.35. The number of carbonyl (C=O) groups is 1. The average Bonchev–Trinajstić information content (AvgIpc) is 2.64. The number of aliphatic hydroxyl groups is 1. The van der Waals surface area contributed by atoms with E-state index >= 15 is 0 Å². The van der Waals surface area contributed by atoms with Gasteiger partial charge in [0.15, 0.2) is 0 Å². The molecule has 0 radical (unpaired) electrons. The number of aliphatic hydroxyl groups excluding tert-OH is 1. The zero-order valence-electron chi connectivity index (χ0n) is 13.5. The van der Waals surface area contributed by atoms with Crippen LogP contribution in [-0.4, -0.2) is 24.2 Å². The van der Waals surface area contributed by atoms with Gasteiger partial charge in [-0.25, -0.2) is 0 Å². The molecule has 24 heavy (non-hydrogen) atoms. The first kappa shape index (κ1) is 17.5. The van der Waals surface area contributed by atoms with Crippen LogP contribution in [0.2, 0.25) is 0 Å². The van der Waals surface area contributed by atoms with Crippen molar-refractivity contribution in [3.05, 3.63) is 65.2 Å². The van der Waals surface area contributed by atoms with Gasteiger partial charge in [-0.1, -0.05) is 31.2 Å². The Morgan fingerprint density at radius 2 is 2.08 bits per heavy atom. The van der Waals surface area contributed by atoms with Crippen molar-refractivity contribution < 1.29 is 14.6 Å². The molecule has 0 heterocycles. The fourth-order valence-corrected chi connectivity index (χ4v) is 2.08. The summed E-state index contributed by atoms with van der Waals surface area (Å²) >= 11 is 0. The Morgan fingerprint density at radius 3 is 2.83 bits per heavy atom. The molecule has 0 aromatic heterocycles. The van der Waals surface area contributed by atoms with E-state index in [0.29, 0.717) is 23.4 Å². The number of nitrogens with one attached hydrogen (secondary N) is 1. The van der Waals surface area contributed by atoms with Crippen molar-refractivity contribution >= 4 is 5.91 Å². The number of hydrogen-bond donors (Lipinski definition) is 2. The molecule has 1 atom stereocenters. The van der Waals surface area contributed by atoms with Crippen molar-refractivity contribution in [2.24, 2.45) is 5.92 Å². The van der Waals surface area contributed by atoms with Gasteiger partial charge in [-0.3, -0.25) is 4.79 Å². The van der Waals surface area contributed by atoms with E-state index in [1.807, 2.05) is 19.1 Å². The van der Waals surface area contributed by atoms with Gasteiger partial charge in [0.25, 0.3) is 5.91 Å². The highest BCUT2D eigenvalue weighted by Crippen LogP contribution is 2.18. The predicted molar refractivity (Wildman–Crippen MR) is 90.5 cm³/mol. The number of rotatable bonds is 7. The molecule has 0 bridgehead atoms. The van der Waals surface area contributed by atoms with Gasteiger partial charge in [-0.2, -0.15) is 5.26 Å². The minimum atomic E-state index is -0.186. The predicted octanol–water partition coefficient (Wildman–Crippen LogP) is 2.50. The molecule has 0 aliphatic heterocycles. The molecule has 0 saturated carbocycles. The molecule has 2 aromatic carbocycles. The van der Waals surface area contributed by atoms with E-state index in [1.54, 1.807) is 36.4 Å². The SMILES string of the molecule is CC(CO)CNC(=O)c1cccc(COc2ccccc2C#N)c1. The van der Waals surface area contributed by atoms with Crippen LogP contribution in [0.5, 0.6) is 5.75 Å². The van der Waals surface area contributed by atoms with Crippen LogP contribution in [0.4, 0.5) is 0 Å². The molecule has 124 valence electrons. The molecule has 5 nitrogen and oxygen atoms in total. The average molecular weight is 324 g/mol. The van der Waals surface area contributed by atoms with Crippen LogP contribution in [-0.2, 0) is 6.61 Å². The normalized spacial score (nSPS) is 11.4. The summed E-state index contributed by atoms with van der Waals surface area (Å²) in [4.78, 5) is 12.1. The summed E-state index contributed by atoms with van der Waals surface area (Å²) in [5, 5.41) is 20.8. The number of nitrogens with zero attached hydrogens (tertiary/aromatic N) is 1. The van der Waals surface area contributed by atoms with Gasteiger partial charge in [0.05, 0.1) is 5.56 Å². The summed E-state index contributed by atoms with van der Waals surface area (Å²) in [5.41, 5.74) is 1.85. The number of hydrogen-bond acceptors (Lipinski definition) is 4. The molecule has 2 N–H and O–H groups in total. The van der Waals surface area contributed by atoms with E-state index in [-0.39, 0.29) is 25.0 Å². The van der Waals surface area contributed by atoms with Gasteiger partial charge >= 0.3 is 0 Å². The number of amides is 1. The smallest absolute Gasteiger partial charge is 0.251 e. The zero-order chi connectivity index (χ0) is 17.4. The molecule has 0 saturated heterocycles. The summed E-state index contributed by atoms with van der Waals surface area (Å²) in [6, 6.07) is 16.3. The van der Waals surface area contributed by atoms with Crippen molar-refractivity contribution in [2.45, 2.75) is 13.5 Å². The zero-order valence-corrected chi connectivity index (χ0v) is 13.5. The minimum Gasteiger partial charge on any atom is -0.488 e. The summed E-state index contributed by atoms with van der Waals surface area (Å²) in [7, 11) is 0. The second-order valence-electron chi connectivity index (χ2n) is 5.59. The third-order valence-electron chi connectivity index (χ3n) is 3.51. The maximum absolute atomic E-state index is 12.1. The molecular weight excluding hydrogens is 304 g/mol. The second-order valence-corrected chi connectivity index (χ2v) is 5.59. The Morgan fingerprint density at radius 1 is 1.29 bits per heavy atom. The quantitative estimate of drug-likeness (QED) is 0.820. The Labute approximate surface area is 141 Å². The second kappa shape index (κ2) is 8.70. The van der Waals surface area contributed by atoms with Gasteiger partial charge in [-0.15, -0.1) is 0 Å². The molecule has 0 fully saturated rings. The first-order valence-electron chi connectivity index (χ1n) is 7.74. The molecule has 2 rings (SSSR count). The molecule has 5 heteroatoms. The largest absolute Gasteiger partial charge is 0.488 e. The molecule has 0 aliphatic carbocycles. The fraction of sp³-hybridized carbons (Fsp3) is 0.263. The summed E-state index contributed by atoms with van der Waals surface area (Å²) in [6.07, 6.45) is 0. The van der Waals surface area contributed by atoms with E-state index in [0.717, 1.165) is 5.56 Å². The monoisotopic (exact) mass is 324 g/mol. The van der Waals surface area contributed by atoms with Gasteiger partial charge < -0.3 is 15.2 Å². The maximum Gasteiger partial charge on any atom is 0.251 e. The van der Waals surface area contributed by atoms with Gasteiger partial charge in [-0.05, 0) is 35.7 Å². The lowest BCUT2D eigenvalue weighted by Gasteiger charge is -2.11. The maximum atomic E-state index is 12.1. The molecule has 0 aliphatic rings. The number of benzene rings is 2. The molecule has 1 unspecified atom stereocenters. The molecular formula is C19H20N2O3. The van der Waals surface area contributed by atoms with Crippen LogP contribution in [0.25, 0.3) is 0 Å². The molecule has 2 aromatic rings. The van der Waals surface area contributed by atoms with Crippen molar-refractivity contribution in [1.29, 1.82) is 5.26 Å². The van der Waals surface area contributed by atoms with Crippen LogP contribution >= 0.6 is 0 Å². The topological polar surface area (TPSA) is 82.3 Å². The van der Waals surface area contributed by atoms with E-state index in [9.17, 15) is 4.79 Å². The van der Waals surface area contributed by atoms with E-state index < -0.39 is 0 Å². The van der Waals surface area contributed by atoms with Crippen molar-refractivity contribution in [1.82, 2.24) is 5.32 Å². The van der Waals surface area contributed by atoms with Crippen LogP contribution in [0.15, 0.2) is 48.5 Å². The van der Waals surface area contributed by atoms with E-state index in [1.165, 1.54) is 0 Å². The lowest BCUT2D eigenvalue weighted by atomic mass is 10.1. The summed E-state index contributed by atoms with van der Waals surface area (Å²) < 4.78 is 5.68. The van der Waals surface area contributed by atoms with Gasteiger partial charge in [0.2, 0.25) is 0 Å². The number of ether oxygens (including phenoxy) is 1. The van der Waals surface area contributed by atoms with E-state index in [2.05, 4.69) is 11.4 Å². The highest BCUT2D eigenvalue weighted by atomic mass is 16.5. The standard InChI is InChI=1S/C19H20N2O3/c1-14(12-22)11-21-19(23)16-7-4-5-15(9-16)13-24-18-8-3-2-6-17(18)10-20/h2-9,14,22H,11-13H2,1H3,(H,21,23). The molecule has 0 spiro atoms. The first-order valence-corrected chi connectivity index (χ1v) is 7.74. The number of para-hydroxylation sites is 1. The van der Waals surface area contributed by atoms with Crippen molar-refractivity contribution in [2.75, 3.05) is 13.2 Å². The highest BCUT2D eigenvalue weighted by Gasteiger charge is 2.09. The Balaban J connectivity index is 2.00. The van der Waals surface area contributed by atoms with E-state index in [4.69, 9.17) is 15.1 Å². The summed E-state index contributed by atoms with van der Waals surface area (Å²) in [5.74, 6) is 0.351. The van der Waals surface area contributed by atoms with Crippen molar-refractivity contribution in [3.8, 4) is 11.8 Å². The fourth-order valence-electron chi connectivity index (χ4n) is 2.08. The van der Waals surface area contributed by atoms with Gasteiger partial charge in [0.1, 0.15) is 18.4 Å². The van der Waals surface area contributed by atoms with Gasteiger partial charge in [0, 0.05) is 18.7 Å². The van der Waals surface area contributed by atoms with Crippen molar-refractivity contribution in [3.63, 3.8) is 0 Å². The number of nitriles is 1. The highest BCUT2D eigenvalue weighted by molar-refractivity contribution is 5.94. The summed E-state index contributed by atoms with van der Waals surface area (Å²) in [6.45, 7) is 2.59. The lowest BCUT2D eigenvalue weighted by Crippen LogP contribution is -2.29. The van der Waals surface area contributed by atoms with Crippen LogP contribution in [0.3, 0.4) is 0 Å². The Hall–Kier alpha value is -2.84. The third kappa shape index (κ3) is 4.83. The first-order chi connectivity index (χ1) is 11.6.